The molecule has 0 aromatic carbocycles. The molecule has 1 aliphatic heterocycles. The summed E-state index contributed by atoms with van der Waals surface area (Å²) >= 11 is 0. The minimum absolute atomic E-state index is 0.134. The van der Waals surface area contributed by atoms with Crippen LogP contribution in [0, 0.1) is 0 Å². The van der Waals surface area contributed by atoms with E-state index < -0.39 is 0 Å². The Labute approximate surface area is 55.8 Å². The van der Waals surface area contributed by atoms with Gasteiger partial charge in [-0.05, 0) is 19.3 Å². The molecule has 2 atom stereocenters. The monoisotopic (exact) mass is 130 g/mol. The van der Waals surface area contributed by atoms with Gasteiger partial charge >= 0.3 is 0 Å². The Morgan fingerprint density at radius 1 is 1.78 bits per heavy atom. The Hall–Kier alpha value is -0.0800. The highest BCUT2D eigenvalue weighted by Crippen LogP contribution is 2.16. The van der Waals surface area contributed by atoms with Crippen molar-refractivity contribution in [3.05, 3.63) is 0 Å². The number of ether oxygens (including phenoxy) is 1. The van der Waals surface area contributed by atoms with Crippen LogP contribution in [-0.2, 0) is 4.74 Å². The standard InChI is InChI=1S/C7H14O2/c1-2-6(8)7-4-3-5-9-7/h6-8H,2-5H2,1H3/t6-,7?/m1/s1. The van der Waals surface area contributed by atoms with Crippen LogP contribution < -0.4 is 0 Å². The molecular formula is C7H14O2. The quantitative estimate of drug-likeness (QED) is 0.602. The number of hydrogen-bond donors (Lipinski definition) is 1. The van der Waals surface area contributed by atoms with Crippen molar-refractivity contribution in [1.82, 2.24) is 0 Å². The maximum atomic E-state index is 9.23. The first-order valence-corrected chi connectivity index (χ1v) is 3.64. The molecule has 2 heteroatoms. The molecule has 0 radical (unpaired) electrons. The summed E-state index contributed by atoms with van der Waals surface area (Å²) in [6.45, 7) is 2.81. The topological polar surface area (TPSA) is 29.5 Å². The SMILES string of the molecule is CC[C@@H](O)C1CCCO1. The van der Waals surface area contributed by atoms with Crippen molar-refractivity contribution < 1.29 is 9.84 Å². The van der Waals surface area contributed by atoms with Crippen molar-refractivity contribution in [3.8, 4) is 0 Å². The van der Waals surface area contributed by atoms with Crippen molar-refractivity contribution in [2.75, 3.05) is 6.61 Å². The van der Waals surface area contributed by atoms with Gasteiger partial charge in [0.25, 0.3) is 0 Å². The molecule has 0 bridgehead atoms. The molecule has 9 heavy (non-hydrogen) atoms. The minimum atomic E-state index is -0.229. The Kier molecular flexibility index (Phi) is 2.49. The van der Waals surface area contributed by atoms with Gasteiger partial charge in [-0.2, -0.15) is 0 Å². The van der Waals surface area contributed by atoms with Crippen molar-refractivity contribution >= 4 is 0 Å². The van der Waals surface area contributed by atoms with E-state index in [-0.39, 0.29) is 12.2 Å². The first-order valence-electron chi connectivity index (χ1n) is 3.64. The van der Waals surface area contributed by atoms with E-state index in [1.807, 2.05) is 6.92 Å². The number of aliphatic hydroxyl groups is 1. The van der Waals surface area contributed by atoms with Crippen LogP contribution in [0.5, 0.6) is 0 Å². The van der Waals surface area contributed by atoms with Crippen LogP contribution in [0.15, 0.2) is 0 Å². The maximum absolute atomic E-state index is 9.23. The second kappa shape index (κ2) is 3.18. The van der Waals surface area contributed by atoms with E-state index in [1.165, 1.54) is 0 Å². The van der Waals surface area contributed by atoms with E-state index in [0.717, 1.165) is 25.9 Å². The number of aliphatic hydroxyl groups excluding tert-OH is 1. The highest BCUT2D eigenvalue weighted by Gasteiger charge is 2.21. The van der Waals surface area contributed by atoms with Crippen molar-refractivity contribution in [3.63, 3.8) is 0 Å². The molecule has 2 nitrogen and oxygen atoms in total. The smallest absolute Gasteiger partial charge is 0.0834 e. The van der Waals surface area contributed by atoms with E-state index in [9.17, 15) is 5.11 Å². The fourth-order valence-corrected chi connectivity index (χ4v) is 1.17. The molecule has 1 unspecified atom stereocenters. The molecule has 0 aromatic heterocycles. The van der Waals surface area contributed by atoms with Crippen LogP contribution in [0.1, 0.15) is 26.2 Å². The van der Waals surface area contributed by atoms with Crippen LogP contribution in [-0.4, -0.2) is 23.9 Å². The molecule has 0 aliphatic carbocycles. The highest BCUT2D eigenvalue weighted by atomic mass is 16.5. The van der Waals surface area contributed by atoms with Crippen LogP contribution in [0.2, 0.25) is 0 Å². The van der Waals surface area contributed by atoms with Gasteiger partial charge in [0.05, 0.1) is 12.2 Å². The Morgan fingerprint density at radius 3 is 3.00 bits per heavy atom. The predicted molar refractivity (Wildman–Crippen MR) is 35.3 cm³/mol. The summed E-state index contributed by atoms with van der Waals surface area (Å²) in [4.78, 5) is 0. The van der Waals surface area contributed by atoms with Gasteiger partial charge in [-0.25, -0.2) is 0 Å². The largest absolute Gasteiger partial charge is 0.390 e. The second-order valence-electron chi connectivity index (χ2n) is 2.53. The molecule has 1 fully saturated rings. The van der Waals surface area contributed by atoms with Gasteiger partial charge in [-0.3, -0.25) is 0 Å². The zero-order valence-corrected chi connectivity index (χ0v) is 5.84. The zero-order valence-electron chi connectivity index (χ0n) is 5.84. The third-order valence-electron chi connectivity index (χ3n) is 1.81. The first-order chi connectivity index (χ1) is 4.34. The fraction of sp³-hybridized carbons (Fsp3) is 1.00. The summed E-state index contributed by atoms with van der Waals surface area (Å²) in [5.74, 6) is 0. The Balaban J connectivity index is 2.24. The molecule has 1 N–H and O–H groups in total. The average molecular weight is 130 g/mol. The lowest BCUT2D eigenvalue weighted by Gasteiger charge is -2.14. The normalized spacial score (nSPS) is 30.7. The van der Waals surface area contributed by atoms with Gasteiger partial charge in [0.1, 0.15) is 0 Å². The molecule has 1 heterocycles. The third kappa shape index (κ3) is 1.66. The molecule has 1 aliphatic rings. The Bertz CT molecular complexity index is 77.0. The van der Waals surface area contributed by atoms with Gasteiger partial charge < -0.3 is 9.84 Å². The van der Waals surface area contributed by atoms with Crippen LogP contribution in [0.3, 0.4) is 0 Å². The van der Waals surface area contributed by atoms with Crippen LogP contribution >= 0.6 is 0 Å². The number of hydrogen-bond acceptors (Lipinski definition) is 2. The average Bonchev–Trinajstić information content (AvgIpc) is 2.37. The molecule has 1 saturated heterocycles. The van der Waals surface area contributed by atoms with E-state index in [4.69, 9.17) is 4.74 Å². The van der Waals surface area contributed by atoms with Gasteiger partial charge in [0.15, 0.2) is 0 Å². The van der Waals surface area contributed by atoms with Crippen molar-refractivity contribution in [2.24, 2.45) is 0 Å². The second-order valence-corrected chi connectivity index (χ2v) is 2.53. The number of rotatable bonds is 2. The van der Waals surface area contributed by atoms with Crippen molar-refractivity contribution in [2.45, 2.75) is 38.4 Å². The third-order valence-corrected chi connectivity index (χ3v) is 1.81. The zero-order chi connectivity index (χ0) is 6.69. The van der Waals surface area contributed by atoms with E-state index in [1.54, 1.807) is 0 Å². The highest BCUT2D eigenvalue weighted by molar-refractivity contribution is 4.71. The van der Waals surface area contributed by atoms with Crippen LogP contribution in [0.25, 0.3) is 0 Å². The molecule has 0 amide bonds. The molecule has 1 rings (SSSR count). The van der Waals surface area contributed by atoms with Gasteiger partial charge in [-0.15, -0.1) is 0 Å². The molecular weight excluding hydrogens is 116 g/mol. The summed E-state index contributed by atoms with van der Waals surface area (Å²) < 4.78 is 5.26. The van der Waals surface area contributed by atoms with E-state index in [2.05, 4.69) is 0 Å². The summed E-state index contributed by atoms with van der Waals surface area (Å²) in [6.07, 6.45) is 2.86. The van der Waals surface area contributed by atoms with E-state index >= 15 is 0 Å². The van der Waals surface area contributed by atoms with Crippen LogP contribution in [0.4, 0.5) is 0 Å². The van der Waals surface area contributed by atoms with Gasteiger partial charge in [0, 0.05) is 6.61 Å². The first kappa shape index (κ1) is 7.03. The lowest BCUT2D eigenvalue weighted by Crippen LogP contribution is -2.23. The molecule has 54 valence electrons. The molecule has 0 spiro atoms. The summed E-state index contributed by atoms with van der Waals surface area (Å²) in [7, 11) is 0. The van der Waals surface area contributed by atoms with E-state index in [0.29, 0.717) is 0 Å². The summed E-state index contributed by atoms with van der Waals surface area (Å²) in [6, 6.07) is 0. The molecule has 0 aromatic rings. The summed E-state index contributed by atoms with van der Waals surface area (Å²) in [5.41, 5.74) is 0. The lowest BCUT2D eigenvalue weighted by atomic mass is 10.1. The predicted octanol–water partition coefficient (Wildman–Crippen LogP) is 0.936. The lowest BCUT2D eigenvalue weighted by molar-refractivity contribution is -0.00279. The Morgan fingerprint density at radius 2 is 2.56 bits per heavy atom. The minimum Gasteiger partial charge on any atom is -0.390 e. The van der Waals surface area contributed by atoms with Gasteiger partial charge in [0.2, 0.25) is 0 Å². The molecule has 0 saturated carbocycles. The van der Waals surface area contributed by atoms with Gasteiger partial charge in [-0.1, -0.05) is 6.92 Å². The summed E-state index contributed by atoms with van der Waals surface area (Å²) in [5, 5.41) is 9.23. The fourth-order valence-electron chi connectivity index (χ4n) is 1.17. The van der Waals surface area contributed by atoms with Crippen molar-refractivity contribution in [1.29, 1.82) is 0 Å². The maximum Gasteiger partial charge on any atom is 0.0834 e.